The van der Waals surface area contributed by atoms with Gasteiger partial charge >= 0.3 is 0 Å². The predicted octanol–water partition coefficient (Wildman–Crippen LogP) is 2.37. The number of aromatic nitrogens is 1. The number of fused-ring (bicyclic) bond motifs is 1. The van der Waals surface area contributed by atoms with Crippen molar-refractivity contribution in [3.05, 3.63) is 42.1 Å². The monoisotopic (exact) mass is 343 g/mol. The summed E-state index contributed by atoms with van der Waals surface area (Å²) in [7, 11) is 0. The van der Waals surface area contributed by atoms with E-state index in [1.165, 1.54) is 6.26 Å². The molecule has 7 nitrogen and oxygen atoms in total. The van der Waals surface area contributed by atoms with Crippen LogP contribution >= 0.6 is 0 Å². The maximum Gasteiger partial charge on any atom is 0.273 e. The molecule has 0 saturated carbocycles. The third-order valence-corrected chi connectivity index (χ3v) is 4.24. The largest absolute Gasteiger partial charge is 0.482 e. The summed E-state index contributed by atoms with van der Waals surface area (Å²) >= 11 is 0. The first-order valence-electron chi connectivity index (χ1n) is 8.23. The van der Waals surface area contributed by atoms with Crippen LogP contribution in [-0.2, 0) is 11.3 Å². The van der Waals surface area contributed by atoms with E-state index in [1.54, 1.807) is 17.0 Å². The SMILES string of the molecule is CC(C)[C@@H](C)NC(=O)c1coc(CN2C(=O)COc3ccccc32)n1. The van der Waals surface area contributed by atoms with Gasteiger partial charge in [0.1, 0.15) is 18.6 Å². The maximum atomic E-state index is 12.2. The molecule has 0 aliphatic carbocycles. The van der Waals surface area contributed by atoms with Crippen LogP contribution in [0.15, 0.2) is 34.9 Å². The molecular formula is C18H21N3O4. The fraction of sp³-hybridized carbons (Fsp3) is 0.389. The van der Waals surface area contributed by atoms with Crippen LogP contribution in [0.3, 0.4) is 0 Å². The molecule has 2 aromatic rings. The van der Waals surface area contributed by atoms with Gasteiger partial charge in [-0.05, 0) is 25.0 Å². The van der Waals surface area contributed by atoms with E-state index >= 15 is 0 Å². The number of benzene rings is 1. The Morgan fingerprint density at radius 1 is 1.32 bits per heavy atom. The van der Waals surface area contributed by atoms with Gasteiger partial charge in [0.15, 0.2) is 12.3 Å². The molecule has 1 aromatic heterocycles. The molecule has 0 spiro atoms. The summed E-state index contributed by atoms with van der Waals surface area (Å²) in [6, 6.07) is 7.30. The number of hydrogen-bond acceptors (Lipinski definition) is 5. The number of carbonyl (C=O) groups excluding carboxylic acids is 2. The Bertz CT molecular complexity index is 784. The van der Waals surface area contributed by atoms with Crippen molar-refractivity contribution in [1.82, 2.24) is 10.3 Å². The minimum Gasteiger partial charge on any atom is -0.482 e. The molecule has 2 heterocycles. The summed E-state index contributed by atoms with van der Waals surface area (Å²) in [5.41, 5.74) is 0.868. The summed E-state index contributed by atoms with van der Waals surface area (Å²) < 4.78 is 10.8. The Balaban J connectivity index is 1.73. The third kappa shape index (κ3) is 3.65. The van der Waals surface area contributed by atoms with Crippen molar-refractivity contribution < 1.29 is 18.7 Å². The lowest BCUT2D eigenvalue weighted by Gasteiger charge is -2.28. The van der Waals surface area contributed by atoms with Gasteiger partial charge in [-0.3, -0.25) is 14.5 Å². The minimum atomic E-state index is -0.287. The number of nitrogens with one attached hydrogen (secondary N) is 1. The Kier molecular flexibility index (Phi) is 4.74. The average Bonchev–Trinajstić information content (AvgIpc) is 3.06. The first-order valence-corrected chi connectivity index (χ1v) is 8.23. The summed E-state index contributed by atoms with van der Waals surface area (Å²) in [6.45, 7) is 6.11. The van der Waals surface area contributed by atoms with E-state index in [1.807, 2.05) is 32.9 Å². The van der Waals surface area contributed by atoms with Crippen LogP contribution in [0, 0.1) is 5.92 Å². The second-order valence-corrected chi connectivity index (χ2v) is 6.37. The highest BCUT2D eigenvalue weighted by molar-refractivity contribution is 5.97. The molecule has 3 rings (SSSR count). The molecule has 1 aromatic carbocycles. The molecule has 0 fully saturated rings. The quantitative estimate of drug-likeness (QED) is 0.901. The molecule has 1 aliphatic heterocycles. The number of oxazole rings is 1. The lowest BCUT2D eigenvalue weighted by molar-refractivity contribution is -0.121. The van der Waals surface area contributed by atoms with Crippen molar-refractivity contribution in [3.8, 4) is 5.75 Å². The first kappa shape index (κ1) is 17.0. The molecule has 0 saturated heterocycles. The van der Waals surface area contributed by atoms with Crippen LogP contribution in [0.25, 0.3) is 0 Å². The van der Waals surface area contributed by atoms with Gasteiger partial charge in [0.2, 0.25) is 5.89 Å². The van der Waals surface area contributed by atoms with Gasteiger partial charge in [0.25, 0.3) is 11.8 Å². The standard InChI is InChI=1S/C18H21N3O4/c1-11(2)12(3)19-18(23)13-9-25-16(20-13)8-21-14-6-4-5-7-15(14)24-10-17(21)22/h4-7,9,11-12H,8,10H2,1-3H3,(H,19,23)/t12-/m1/s1. The molecule has 132 valence electrons. The molecule has 2 amide bonds. The van der Waals surface area contributed by atoms with Crippen molar-refractivity contribution >= 4 is 17.5 Å². The van der Waals surface area contributed by atoms with Crippen LogP contribution in [0.1, 0.15) is 37.2 Å². The van der Waals surface area contributed by atoms with E-state index in [2.05, 4.69) is 10.3 Å². The zero-order chi connectivity index (χ0) is 18.0. The highest BCUT2D eigenvalue weighted by Gasteiger charge is 2.27. The normalized spacial score (nSPS) is 14.9. The Morgan fingerprint density at radius 2 is 2.08 bits per heavy atom. The molecule has 1 aliphatic rings. The van der Waals surface area contributed by atoms with Crippen molar-refractivity contribution in [1.29, 1.82) is 0 Å². The second-order valence-electron chi connectivity index (χ2n) is 6.37. The van der Waals surface area contributed by atoms with Crippen molar-refractivity contribution in [3.63, 3.8) is 0 Å². The lowest BCUT2D eigenvalue weighted by Crippen LogP contribution is -2.38. The minimum absolute atomic E-state index is 0.0281. The number of carbonyl (C=O) groups is 2. The van der Waals surface area contributed by atoms with Crippen molar-refractivity contribution in [2.75, 3.05) is 11.5 Å². The van der Waals surface area contributed by atoms with Crippen molar-refractivity contribution in [2.24, 2.45) is 5.92 Å². The molecule has 0 unspecified atom stereocenters. The lowest BCUT2D eigenvalue weighted by atomic mass is 10.1. The van der Waals surface area contributed by atoms with Gasteiger partial charge in [0, 0.05) is 6.04 Å². The van der Waals surface area contributed by atoms with Gasteiger partial charge < -0.3 is 14.5 Å². The molecule has 0 radical (unpaired) electrons. The number of nitrogens with zero attached hydrogens (tertiary/aromatic N) is 2. The highest BCUT2D eigenvalue weighted by Crippen LogP contribution is 2.32. The van der Waals surface area contributed by atoms with Crippen LogP contribution in [0.5, 0.6) is 5.75 Å². The van der Waals surface area contributed by atoms with E-state index in [-0.39, 0.29) is 36.7 Å². The Morgan fingerprint density at radius 3 is 2.84 bits per heavy atom. The first-order chi connectivity index (χ1) is 12.0. The number of para-hydroxylation sites is 2. The average molecular weight is 343 g/mol. The topological polar surface area (TPSA) is 84.7 Å². The zero-order valence-corrected chi connectivity index (χ0v) is 14.5. The molecule has 0 bridgehead atoms. The van der Waals surface area contributed by atoms with Crippen LogP contribution < -0.4 is 15.0 Å². The van der Waals surface area contributed by atoms with Gasteiger partial charge in [-0.25, -0.2) is 4.98 Å². The Hall–Kier alpha value is -2.83. The fourth-order valence-corrected chi connectivity index (χ4v) is 2.40. The van der Waals surface area contributed by atoms with E-state index in [4.69, 9.17) is 9.15 Å². The number of anilines is 1. The fourth-order valence-electron chi connectivity index (χ4n) is 2.40. The van der Waals surface area contributed by atoms with Gasteiger partial charge in [-0.1, -0.05) is 26.0 Å². The number of ether oxygens (including phenoxy) is 1. The number of hydrogen-bond donors (Lipinski definition) is 1. The van der Waals surface area contributed by atoms with Crippen LogP contribution in [-0.4, -0.2) is 29.4 Å². The highest BCUT2D eigenvalue weighted by atomic mass is 16.5. The number of rotatable bonds is 5. The van der Waals surface area contributed by atoms with Crippen LogP contribution in [0.2, 0.25) is 0 Å². The Labute approximate surface area is 146 Å². The summed E-state index contributed by atoms with van der Waals surface area (Å²) in [4.78, 5) is 30.1. The molecule has 25 heavy (non-hydrogen) atoms. The predicted molar refractivity (Wildman–Crippen MR) is 91.4 cm³/mol. The van der Waals surface area contributed by atoms with E-state index < -0.39 is 0 Å². The summed E-state index contributed by atoms with van der Waals surface area (Å²) in [6.07, 6.45) is 1.31. The molecule has 1 atom stereocenters. The van der Waals surface area contributed by atoms with Crippen LogP contribution in [0.4, 0.5) is 5.69 Å². The summed E-state index contributed by atoms with van der Waals surface area (Å²) in [5.74, 6) is 0.781. The van der Waals surface area contributed by atoms with E-state index in [0.717, 1.165) is 0 Å². The third-order valence-electron chi connectivity index (χ3n) is 4.24. The van der Waals surface area contributed by atoms with Crippen molar-refractivity contribution in [2.45, 2.75) is 33.4 Å². The molecular weight excluding hydrogens is 322 g/mol. The molecule has 1 N–H and O–H groups in total. The van der Waals surface area contributed by atoms with Gasteiger partial charge in [-0.2, -0.15) is 0 Å². The summed E-state index contributed by atoms with van der Waals surface area (Å²) in [5, 5.41) is 2.88. The molecule has 7 heteroatoms. The van der Waals surface area contributed by atoms with Gasteiger partial charge in [-0.15, -0.1) is 0 Å². The maximum absolute atomic E-state index is 12.2. The van der Waals surface area contributed by atoms with Gasteiger partial charge in [0.05, 0.1) is 5.69 Å². The zero-order valence-electron chi connectivity index (χ0n) is 14.5. The smallest absolute Gasteiger partial charge is 0.273 e. The van der Waals surface area contributed by atoms with E-state index in [0.29, 0.717) is 23.2 Å². The van der Waals surface area contributed by atoms with E-state index in [9.17, 15) is 9.59 Å². The second kappa shape index (κ2) is 6.96. The number of amides is 2.